The van der Waals surface area contributed by atoms with E-state index in [1.165, 1.54) is 24.8 Å². The first kappa shape index (κ1) is 13.3. The number of benzene rings is 1. The molecule has 96 valence electrons. The number of aryl methyl sites for hydroxylation is 1. The van der Waals surface area contributed by atoms with E-state index in [0.717, 1.165) is 28.6 Å². The standard InChI is InChI=1S/C15H18BrNO/c1-11-8-13(10-14(16)9-11)15(18)17-7-6-12-4-2-3-5-12/h4,8-10H,2-3,5-7H2,1H3,(H,17,18). The third-order valence-corrected chi connectivity index (χ3v) is 3.63. The predicted molar refractivity (Wildman–Crippen MR) is 77.8 cm³/mol. The van der Waals surface area contributed by atoms with Gasteiger partial charge in [-0.3, -0.25) is 4.79 Å². The van der Waals surface area contributed by atoms with Crippen molar-refractivity contribution in [3.8, 4) is 0 Å². The van der Waals surface area contributed by atoms with E-state index < -0.39 is 0 Å². The molecule has 1 aromatic rings. The van der Waals surface area contributed by atoms with E-state index in [4.69, 9.17) is 0 Å². The zero-order chi connectivity index (χ0) is 13.0. The van der Waals surface area contributed by atoms with Gasteiger partial charge >= 0.3 is 0 Å². The van der Waals surface area contributed by atoms with Crippen molar-refractivity contribution in [3.63, 3.8) is 0 Å². The summed E-state index contributed by atoms with van der Waals surface area (Å²) in [5, 5.41) is 2.98. The van der Waals surface area contributed by atoms with Crippen molar-refractivity contribution in [1.82, 2.24) is 5.32 Å². The van der Waals surface area contributed by atoms with Gasteiger partial charge in [0.05, 0.1) is 0 Å². The van der Waals surface area contributed by atoms with Gasteiger partial charge in [-0.05, 0) is 56.4 Å². The highest BCUT2D eigenvalue weighted by Gasteiger charge is 2.08. The highest BCUT2D eigenvalue weighted by molar-refractivity contribution is 9.10. The van der Waals surface area contributed by atoms with Gasteiger partial charge in [0.1, 0.15) is 0 Å². The van der Waals surface area contributed by atoms with Crippen LogP contribution in [0.2, 0.25) is 0 Å². The normalized spacial score (nSPS) is 14.4. The van der Waals surface area contributed by atoms with Crippen LogP contribution in [-0.2, 0) is 0 Å². The maximum atomic E-state index is 12.0. The van der Waals surface area contributed by atoms with Crippen LogP contribution in [0.15, 0.2) is 34.3 Å². The summed E-state index contributed by atoms with van der Waals surface area (Å²) in [6.45, 7) is 2.72. The number of carbonyl (C=O) groups excluding carboxylic acids is 1. The van der Waals surface area contributed by atoms with E-state index >= 15 is 0 Å². The van der Waals surface area contributed by atoms with Crippen molar-refractivity contribution < 1.29 is 4.79 Å². The molecule has 0 heterocycles. The summed E-state index contributed by atoms with van der Waals surface area (Å²) in [6, 6.07) is 5.77. The molecular formula is C15H18BrNO. The van der Waals surface area contributed by atoms with Crippen molar-refractivity contribution in [1.29, 1.82) is 0 Å². The third kappa shape index (κ3) is 3.70. The monoisotopic (exact) mass is 307 g/mol. The number of halogens is 1. The maximum absolute atomic E-state index is 12.0. The molecule has 2 rings (SSSR count). The molecule has 0 fully saturated rings. The van der Waals surface area contributed by atoms with Gasteiger partial charge in [0.15, 0.2) is 0 Å². The molecule has 0 aliphatic heterocycles. The van der Waals surface area contributed by atoms with Crippen LogP contribution in [0.5, 0.6) is 0 Å². The Kier molecular flexibility index (Phi) is 4.59. The molecule has 0 saturated carbocycles. The Morgan fingerprint density at radius 2 is 2.22 bits per heavy atom. The molecule has 1 N–H and O–H groups in total. The van der Waals surface area contributed by atoms with Gasteiger partial charge < -0.3 is 5.32 Å². The van der Waals surface area contributed by atoms with Crippen LogP contribution in [0.1, 0.15) is 41.6 Å². The average molecular weight is 308 g/mol. The number of hydrogen-bond donors (Lipinski definition) is 1. The lowest BCUT2D eigenvalue weighted by molar-refractivity contribution is 0.0954. The molecule has 1 aliphatic rings. The Morgan fingerprint density at radius 1 is 1.39 bits per heavy atom. The van der Waals surface area contributed by atoms with E-state index in [2.05, 4.69) is 27.3 Å². The van der Waals surface area contributed by atoms with Crippen LogP contribution in [0.25, 0.3) is 0 Å². The molecule has 0 aromatic heterocycles. The van der Waals surface area contributed by atoms with Crippen molar-refractivity contribution in [2.75, 3.05) is 6.54 Å². The van der Waals surface area contributed by atoms with E-state index in [1.54, 1.807) is 0 Å². The molecule has 2 nitrogen and oxygen atoms in total. The minimum absolute atomic E-state index is 0.0120. The van der Waals surface area contributed by atoms with Gasteiger partial charge in [-0.15, -0.1) is 0 Å². The molecule has 1 aromatic carbocycles. The SMILES string of the molecule is Cc1cc(Br)cc(C(=O)NCCC2=CCCC2)c1. The number of carbonyl (C=O) groups is 1. The average Bonchev–Trinajstić information content (AvgIpc) is 2.80. The molecular weight excluding hydrogens is 290 g/mol. The lowest BCUT2D eigenvalue weighted by atomic mass is 10.1. The van der Waals surface area contributed by atoms with E-state index in [0.29, 0.717) is 0 Å². The first-order chi connectivity index (χ1) is 8.65. The molecule has 3 heteroatoms. The summed E-state index contributed by atoms with van der Waals surface area (Å²) in [7, 11) is 0. The minimum atomic E-state index is 0.0120. The van der Waals surface area contributed by atoms with E-state index in [9.17, 15) is 4.79 Å². The van der Waals surface area contributed by atoms with Crippen molar-refractivity contribution in [2.24, 2.45) is 0 Å². The molecule has 0 bridgehead atoms. The van der Waals surface area contributed by atoms with Gasteiger partial charge in [-0.2, -0.15) is 0 Å². The maximum Gasteiger partial charge on any atom is 0.251 e. The fourth-order valence-electron chi connectivity index (χ4n) is 2.27. The fraction of sp³-hybridized carbons (Fsp3) is 0.400. The zero-order valence-electron chi connectivity index (χ0n) is 10.6. The second-order valence-corrected chi connectivity index (χ2v) is 5.69. The summed E-state index contributed by atoms with van der Waals surface area (Å²) in [4.78, 5) is 12.0. The van der Waals surface area contributed by atoms with Gasteiger partial charge in [-0.25, -0.2) is 0 Å². The number of nitrogens with one attached hydrogen (secondary N) is 1. The lowest BCUT2D eigenvalue weighted by Crippen LogP contribution is -2.24. The van der Waals surface area contributed by atoms with Crippen LogP contribution in [0.4, 0.5) is 0 Å². The van der Waals surface area contributed by atoms with Gasteiger partial charge in [-0.1, -0.05) is 27.6 Å². The largest absolute Gasteiger partial charge is 0.352 e. The smallest absolute Gasteiger partial charge is 0.251 e. The molecule has 1 aliphatic carbocycles. The minimum Gasteiger partial charge on any atom is -0.352 e. The van der Waals surface area contributed by atoms with Crippen LogP contribution in [0, 0.1) is 6.92 Å². The Bertz CT molecular complexity index is 459. The number of hydrogen-bond acceptors (Lipinski definition) is 1. The summed E-state index contributed by atoms with van der Waals surface area (Å²) in [5.74, 6) is 0.0120. The quantitative estimate of drug-likeness (QED) is 0.837. The highest BCUT2D eigenvalue weighted by Crippen LogP contribution is 2.20. The summed E-state index contributed by atoms with van der Waals surface area (Å²) >= 11 is 3.41. The molecule has 18 heavy (non-hydrogen) atoms. The summed E-state index contributed by atoms with van der Waals surface area (Å²) in [6.07, 6.45) is 6.96. The summed E-state index contributed by atoms with van der Waals surface area (Å²) in [5.41, 5.74) is 3.30. The Hall–Kier alpha value is -1.09. The molecule has 0 radical (unpaired) electrons. The fourth-order valence-corrected chi connectivity index (χ4v) is 2.88. The van der Waals surface area contributed by atoms with Crippen LogP contribution in [0.3, 0.4) is 0 Å². The Balaban J connectivity index is 1.87. The molecule has 0 saturated heterocycles. The molecule has 0 unspecified atom stereocenters. The van der Waals surface area contributed by atoms with Crippen LogP contribution >= 0.6 is 15.9 Å². The molecule has 0 spiro atoms. The molecule has 0 atom stereocenters. The van der Waals surface area contributed by atoms with Crippen LogP contribution < -0.4 is 5.32 Å². The number of rotatable bonds is 4. The van der Waals surface area contributed by atoms with E-state index in [1.807, 2.05) is 25.1 Å². The second kappa shape index (κ2) is 6.19. The lowest BCUT2D eigenvalue weighted by Gasteiger charge is -2.07. The zero-order valence-corrected chi connectivity index (χ0v) is 12.2. The van der Waals surface area contributed by atoms with Gasteiger partial charge in [0, 0.05) is 16.6 Å². The first-order valence-corrected chi connectivity index (χ1v) is 7.18. The number of allylic oxidation sites excluding steroid dienone is 1. The second-order valence-electron chi connectivity index (χ2n) is 4.78. The highest BCUT2D eigenvalue weighted by atomic mass is 79.9. The molecule has 1 amide bonds. The van der Waals surface area contributed by atoms with Gasteiger partial charge in [0.2, 0.25) is 0 Å². The Morgan fingerprint density at radius 3 is 2.89 bits per heavy atom. The Labute approximate surface area is 117 Å². The number of amides is 1. The summed E-state index contributed by atoms with van der Waals surface area (Å²) < 4.78 is 0.950. The topological polar surface area (TPSA) is 29.1 Å². The predicted octanol–water partition coefficient (Wildman–Crippen LogP) is 3.99. The van der Waals surface area contributed by atoms with Crippen LogP contribution in [-0.4, -0.2) is 12.5 Å². The van der Waals surface area contributed by atoms with Crippen molar-refractivity contribution >= 4 is 21.8 Å². The first-order valence-electron chi connectivity index (χ1n) is 6.38. The third-order valence-electron chi connectivity index (χ3n) is 3.17. The van der Waals surface area contributed by atoms with Crippen molar-refractivity contribution in [2.45, 2.75) is 32.6 Å². The van der Waals surface area contributed by atoms with E-state index in [-0.39, 0.29) is 5.91 Å². The van der Waals surface area contributed by atoms with Gasteiger partial charge in [0.25, 0.3) is 5.91 Å². The van der Waals surface area contributed by atoms with Crippen molar-refractivity contribution in [3.05, 3.63) is 45.4 Å².